The van der Waals surface area contributed by atoms with Crippen LogP contribution < -0.4 is 4.74 Å². The predicted molar refractivity (Wildman–Crippen MR) is 71.6 cm³/mol. The molecule has 0 spiro atoms. The number of carbonyl (C=O) groups excluding carboxylic acids is 1. The van der Waals surface area contributed by atoms with E-state index < -0.39 is 0 Å². The summed E-state index contributed by atoms with van der Waals surface area (Å²) in [5.41, 5.74) is 1.14. The highest BCUT2D eigenvalue weighted by atomic mass is 16.5. The van der Waals surface area contributed by atoms with Gasteiger partial charge in [-0.15, -0.1) is 0 Å². The molecule has 1 amide bonds. The van der Waals surface area contributed by atoms with E-state index in [4.69, 9.17) is 4.74 Å². The van der Waals surface area contributed by atoms with E-state index in [-0.39, 0.29) is 11.8 Å². The lowest BCUT2D eigenvalue weighted by Crippen LogP contribution is -2.40. The average Bonchev–Trinajstić information content (AvgIpc) is 2.36. The van der Waals surface area contributed by atoms with Gasteiger partial charge < -0.3 is 9.64 Å². The number of hydrogen-bond donors (Lipinski definition) is 0. The molecule has 1 aromatic carbocycles. The molecule has 0 aliphatic carbocycles. The van der Waals surface area contributed by atoms with Crippen molar-refractivity contribution in [1.29, 1.82) is 0 Å². The van der Waals surface area contributed by atoms with Crippen LogP contribution in [0.2, 0.25) is 0 Å². The summed E-state index contributed by atoms with van der Waals surface area (Å²) in [4.78, 5) is 14.1. The zero-order chi connectivity index (χ0) is 13.1. The van der Waals surface area contributed by atoms with Crippen molar-refractivity contribution in [2.75, 3.05) is 20.2 Å². The minimum absolute atomic E-state index is 0.0383. The molecule has 1 aliphatic heterocycles. The normalized spacial score (nSPS) is 18.1. The Labute approximate surface area is 109 Å². The molecule has 2 rings (SSSR count). The third-order valence-corrected chi connectivity index (χ3v) is 3.24. The van der Waals surface area contributed by atoms with E-state index >= 15 is 0 Å². The highest BCUT2D eigenvalue weighted by molar-refractivity contribution is 5.79. The van der Waals surface area contributed by atoms with E-state index in [1.54, 1.807) is 0 Å². The maximum Gasteiger partial charge on any atom is 0.229 e. The lowest BCUT2D eigenvalue weighted by molar-refractivity contribution is -0.136. The molecule has 1 aliphatic rings. The highest BCUT2D eigenvalue weighted by Crippen LogP contribution is 2.27. The lowest BCUT2D eigenvalue weighted by Gasteiger charge is -2.29. The molecule has 1 unspecified atom stereocenters. The quantitative estimate of drug-likeness (QED) is 0.820. The number of para-hydroxylation sites is 1. The summed E-state index contributed by atoms with van der Waals surface area (Å²) in [6.07, 6.45) is 0.789. The molecule has 0 saturated carbocycles. The van der Waals surface area contributed by atoms with Crippen molar-refractivity contribution in [1.82, 2.24) is 4.90 Å². The molecule has 0 bridgehead atoms. The van der Waals surface area contributed by atoms with E-state index in [1.807, 2.05) is 36.2 Å². The van der Waals surface area contributed by atoms with Gasteiger partial charge in [-0.1, -0.05) is 32.0 Å². The van der Waals surface area contributed by atoms with Gasteiger partial charge in [-0.05, 0) is 24.0 Å². The van der Waals surface area contributed by atoms with Gasteiger partial charge in [0.1, 0.15) is 12.4 Å². The van der Waals surface area contributed by atoms with Crippen LogP contribution in [0.4, 0.5) is 0 Å². The molecule has 0 aromatic heterocycles. The largest absolute Gasteiger partial charge is 0.492 e. The molecular formula is C15H21NO2. The Bertz CT molecular complexity index is 428. The number of rotatable bonds is 3. The standard InChI is InChI=1S/C15H21NO2/c1-11(2)9-16(3)15(17)13-8-12-6-4-5-7-14(12)18-10-13/h4-7,11,13H,8-10H2,1-3H3. The predicted octanol–water partition coefficient (Wildman–Crippen LogP) is 2.35. The summed E-state index contributed by atoms with van der Waals surface area (Å²) >= 11 is 0. The summed E-state index contributed by atoms with van der Waals surface area (Å²) in [5.74, 6) is 1.57. The lowest BCUT2D eigenvalue weighted by atomic mass is 9.95. The molecule has 0 radical (unpaired) electrons. The number of amides is 1. The van der Waals surface area contributed by atoms with Crippen molar-refractivity contribution in [3.05, 3.63) is 29.8 Å². The highest BCUT2D eigenvalue weighted by Gasteiger charge is 2.28. The average molecular weight is 247 g/mol. The van der Waals surface area contributed by atoms with Crippen molar-refractivity contribution < 1.29 is 9.53 Å². The van der Waals surface area contributed by atoms with E-state index in [9.17, 15) is 4.79 Å². The van der Waals surface area contributed by atoms with Gasteiger partial charge in [-0.2, -0.15) is 0 Å². The van der Waals surface area contributed by atoms with Crippen LogP contribution in [-0.2, 0) is 11.2 Å². The van der Waals surface area contributed by atoms with Gasteiger partial charge in [0.25, 0.3) is 0 Å². The zero-order valence-electron chi connectivity index (χ0n) is 11.3. The van der Waals surface area contributed by atoms with Gasteiger partial charge in [0, 0.05) is 13.6 Å². The number of hydrogen-bond acceptors (Lipinski definition) is 2. The SMILES string of the molecule is CC(C)CN(C)C(=O)C1COc2ccccc2C1. The first-order valence-electron chi connectivity index (χ1n) is 6.53. The first-order chi connectivity index (χ1) is 8.58. The minimum atomic E-state index is -0.0383. The van der Waals surface area contributed by atoms with Crippen LogP contribution in [0.3, 0.4) is 0 Å². The Morgan fingerprint density at radius 1 is 1.44 bits per heavy atom. The number of carbonyl (C=O) groups is 1. The van der Waals surface area contributed by atoms with E-state index in [2.05, 4.69) is 13.8 Å². The van der Waals surface area contributed by atoms with E-state index in [1.165, 1.54) is 0 Å². The fourth-order valence-electron chi connectivity index (χ4n) is 2.44. The minimum Gasteiger partial charge on any atom is -0.492 e. The maximum absolute atomic E-state index is 12.3. The number of ether oxygens (including phenoxy) is 1. The second-order valence-electron chi connectivity index (χ2n) is 5.43. The first-order valence-corrected chi connectivity index (χ1v) is 6.53. The molecule has 0 fully saturated rings. The molecule has 98 valence electrons. The van der Waals surface area contributed by atoms with Gasteiger partial charge in [0.15, 0.2) is 0 Å². The van der Waals surface area contributed by atoms with Crippen LogP contribution in [0, 0.1) is 11.8 Å². The third kappa shape index (κ3) is 2.84. The molecule has 1 heterocycles. The summed E-state index contributed by atoms with van der Waals surface area (Å²) in [7, 11) is 1.88. The molecule has 0 saturated heterocycles. The second kappa shape index (κ2) is 5.42. The summed E-state index contributed by atoms with van der Waals surface area (Å²) in [5, 5.41) is 0. The summed E-state index contributed by atoms with van der Waals surface area (Å²) in [6, 6.07) is 7.96. The van der Waals surface area contributed by atoms with E-state index in [0.29, 0.717) is 12.5 Å². The van der Waals surface area contributed by atoms with Crippen molar-refractivity contribution in [2.45, 2.75) is 20.3 Å². The third-order valence-electron chi connectivity index (χ3n) is 3.24. The Morgan fingerprint density at radius 3 is 2.89 bits per heavy atom. The van der Waals surface area contributed by atoms with Crippen molar-refractivity contribution in [3.8, 4) is 5.75 Å². The van der Waals surface area contributed by atoms with Crippen LogP contribution in [0.25, 0.3) is 0 Å². The number of fused-ring (bicyclic) bond motifs is 1. The smallest absolute Gasteiger partial charge is 0.229 e. The monoisotopic (exact) mass is 247 g/mol. The van der Waals surface area contributed by atoms with Gasteiger partial charge in [0.05, 0.1) is 5.92 Å². The molecule has 3 heteroatoms. The Morgan fingerprint density at radius 2 is 2.17 bits per heavy atom. The maximum atomic E-state index is 12.3. The molecule has 18 heavy (non-hydrogen) atoms. The Balaban J connectivity index is 2.02. The fraction of sp³-hybridized carbons (Fsp3) is 0.533. The molecule has 3 nitrogen and oxygen atoms in total. The van der Waals surface area contributed by atoms with Gasteiger partial charge in [0.2, 0.25) is 5.91 Å². The zero-order valence-corrected chi connectivity index (χ0v) is 11.3. The fourth-order valence-corrected chi connectivity index (χ4v) is 2.44. The number of benzene rings is 1. The topological polar surface area (TPSA) is 29.5 Å². The number of nitrogens with zero attached hydrogens (tertiary/aromatic N) is 1. The Hall–Kier alpha value is -1.51. The van der Waals surface area contributed by atoms with Gasteiger partial charge >= 0.3 is 0 Å². The van der Waals surface area contributed by atoms with Crippen molar-refractivity contribution in [2.24, 2.45) is 11.8 Å². The first kappa shape index (κ1) is 12.9. The molecule has 1 atom stereocenters. The molecular weight excluding hydrogens is 226 g/mol. The molecule has 0 N–H and O–H groups in total. The van der Waals surface area contributed by atoms with E-state index in [0.717, 1.165) is 24.3 Å². The van der Waals surface area contributed by atoms with Crippen LogP contribution in [0.15, 0.2) is 24.3 Å². The van der Waals surface area contributed by atoms with Gasteiger partial charge in [-0.25, -0.2) is 0 Å². The van der Waals surface area contributed by atoms with Crippen molar-refractivity contribution in [3.63, 3.8) is 0 Å². The Kier molecular flexibility index (Phi) is 3.90. The van der Waals surface area contributed by atoms with Gasteiger partial charge in [-0.3, -0.25) is 4.79 Å². The van der Waals surface area contributed by atoms with Crippen LogP contribution in [0.5, 0.6) is 5.75 Å². The van der Waals surface area contributed by atoms with Crippen LogP contribution >= 0.6 is 0 Å². The summed E-state index contributed by atoms with van der Waals surface area (Å²) < 4.78 is 5.66. The second-order valence-corrected chi connectivity index (χ2v) is 5.43. The summed E-state index contributed by atoms with van der Waals surface area (Å²) in [6.45, 7) is 5.54. The van der Waals surface area contributed by atoms with Crippen LogP contribution in [0.1, 0.15) is 19.4 Å². The van der Waals surface area contributed by atoms with Crippen molar-refractivity contribution >= 4 is 5.91 Å². The molecule has 1 aromatic rings. The van der Waals surface area contributed by atoms with Crippen LogP contribution in [-0.4, -0.2) is 31.0 Å².